The third-order valence-electron chi connectivity index (χ3n) is 7.63. The van der Waals surface area contributed by atoms with Crippen LogP contribution in [0.4, 0.5) is 0 Å². The normalized spacial score (nSPS) is 23.7. The Bertz CT molecular complexity index is 956. The first kappa shape index (κ1) is 22.8. The molecule has 2 bridgehead atoms. The van der Waals surface area contributed by atoms with Crippen LogP contribution in [-0.2, 0) is 11.2 Å². The lowest BCUT2D eigenvalue weighted by Gasteiger charge is -2.43. The van der Waals surface area contributed by atoms with Crippen LogP contribution in [0.25, 0.3) is 0 Å². The SMILES string of the molecule is COc1ccc(C(C)N2C3CCC2CC(NC(=O)CCc2cc(C)ccc2C)C3)cc1C. The Kier molecular flexibility index (Phi) is 6.90. The second-order valence-electron chi connectivity index (χ2n) is 9.90. The van der Waals surface area contributed by atoms with Gasteiger partial charge in [-0.3, -0.25) is 9.69 Å². The fourth-order valence-corrected chi connectivity index (χ4v) is 5.91. The van der Waals surface area contributed by atoms with Gasteiger partial charge >= 0.3 is 0 Å². The van der Waals surface area contributed by atoms with Crippen LogP contribution >= 0.6 is 0 Å². The molecule has 2 aliphatic rings. The zero-order valence-electron chi connectivity index (χ0n) is 20.3. The number of nitrogens with one attached hydrogen (secondary N) is 1. The number of rotatable bonds is 7. The largest absolute Gasteiger partial charge is 0.496 e. The van der Waals surface area contributed by atoms with Gasteiger partial charge in [0, 0.05) is 30.6 Å². The summed E-state index contributed by atoms with van der Waals surface area (Å²) < 4.78 is 5.44. The molecule has 2 fully saturated rings. The Morgan fingerprint density at radius 2 is 1.78 bits per heavy atom. The number of piperidine rings is 1. The van der Waals surface area contributed by atoms with E-state index in [9.17, 15) is 4.79 Å². The highest BCUT2D eigenvalue weighted by Gasteiger charge is 2.43. The Labute approximate surface area is 193 Å². The summed E-state index contributed by atoms with van der Waals surface area (Å²) in [7, 11) is 1.73. The molecule has 1 amide bonds. The van der Waals surface area contributed by atoms with Gasteiger partial charge in [-0.2, -0.15) is 0 Å². The van der Waals surface area contributed by atoms with E-state index in [-0.39, 0.29) is 5.91 Å². The summed E-state index contributed by atoms with van der Waals surface area (Å²) in [6.45, 7) is 8.69. The maximum Gasteiger partial charge on any atom is 0.220 e. The van der Waals surface area contributed by atoms with Crippen molar-refractivity contribution < 1.29 is 9.53 Å². The van der Waals surface area contributed by atoms with Crippen LogP contribution in [0.1, 0.15) is 72.9 Å². The van der Waals surface area contributed by atoms with Gasteiger partial charge in [-0.05, 0) is 88.1 Å². The second kappa shape index (κ2) is 9.66. The number of benzene rings is 2. The fraction of sp³-hybridized carbons (Fsp3) is 0.536. The lowest BCUT2D eigenvalue weighted by atomic mass is 9.93. The van der Waals surface area contributed by atoms with E-state index in [4.69, 9.17) is 4.74 Å². The van der Waals surface area contributed by atoms with Crippen LogP contribution in [-0.4, -0.2) is 36.0 Å². The van der Waals surface area contributed by atoms with Gasteiger partial charge in [-0.15, -0.1) is 0 Å². The Balaban J connectivity index is 1.34. The number of methoxy groups -OCH3 is 1. The fourth-order valence-electron chi connectivity index (χ4n) is 5.91. The van der Waals surface area contributed by atoms with Crippen molar-refractivity contribution in [3.05, 3.63) is 64.2 Å². The topological polar surface area (TPSA) is 41.6 Å². The van der Waals surface area contributed by atoms with Gasteiger partial charge in [0.25, 0.3) is 0 Å². The summed E-state index contributed by atoms with van der Waals surface area (Å²) in [5.74, 6) is 1.15. The maximum absolute atomic E-state index is 12.7. The lowest BCUT2D eigenvalue weighted by molar-refractivity contribution is -0.122. The average Bonchev–Trinajstić information content (AvgIpc) is 3.04. The van der Waals surface area contributed by atoms with Crippen LogP contribution < -0.4 is 10.1 Å². The monoisotopic (exact) mass is 434 g/mol. The van der Waals surface area contributed by atoms with Gasteiger partial charge in [0.2, 0.25) is 5.91 Å². The number of nitrogens with zero attached hydrogens (tertiary/aromatic N) is 1. The Morgan fingerprint density at radius 1 is 1.06 bits per heavy atom. The third-order valence-corrected chi connectivity index (χ3v) is 7.63. The number of ether oxygens (including phenoxy) is 1. The molecule has 4 heteroatoms. The molecule has 0 spiro atoms. The Morgan fingerprint density at radius 3 is 2.44 bits per heavy atom. The summed E-state index contributed by atoms with van der Waals surface area (Å²) in [5, 5.41) is 3.37. The van der Waals surface area contributed by atoms with E-state index < -0.39 is 0 Å². The molecule has 0 aromatic heterocycles. The summed E-state index contributed by atoms with van der Waals surface area (Å²) in [6.07, 6.45) is 5.98. The number of hydrogen-bond acceptors (Lipinski definition) is 3. The molecule has 2 saturated heterocycles. The van der Waals surface area contributed by atoms with Crippen molar-refractivity contribution in [1.82, 2.24) is 10.2 Å². The van der Waals surface area contributed by atoms with Gasteiger partial charge in [-0.1, -0.05) is 35.9 Å². The smallest absolute Gasteiger partial charge is 0.220 e. The van der Waals surface area contributed by atoms with Crippen LogP contribution in [0.3, 0.4) is 0 Å². The molecule has 2 aliphatic heterocycles. The molecule has 4 rings (SSSR count). The highest BCUT2D eigenvalue weighted by molar-refractivity contribution is 5.76. The minimum Gasteiger partial charge on any atom is -0.496 e. The lowest BCUT2D eigenvalue weighted by Crippen LogP contribution is -2.51. The molecule has 2 aromatic carbocycles. The molecule has 4 nitrogen and oxygen atoms in total. The first-order chi connectivity index (χ1) is 15.4. The van der Waals surface area contributed by atoms with E-state index >= 15 is 0 Å². The number of fused-ring (bicyclic) bond motifs is 2. The number of hydrogen-bond donors (Lipinski definition) is 1. The van der Waals surface area contributed by atoms with E-state index in [1.54, 1.807) is 7.11 Å². The number of carbonyl (C=O) groups excluding carboxylic acids is 1. The van der Waals surface area contributed by atoms with Gasteiger partial charge in [0.15, 0.2) is 0 Å². The van der Waals surface area contributed by atoms with Crippen molar-refractivity contribution in [3.8, 4) is 5.75 Å². The summed E-state index contributed by atoms with van der Waals surface area (Å²) >= 11 is 0. The van der Waals surface area contributed by atoms with E-state index in [0.29, 0.717) is 30.6 Å². The molecule has 3 unspecified atom stereocenters. The van der Waals surface area contributed by atoms with Crippen LogP contribution in [0, 0.1) is 20.8 Å². The zero-order valence-corrected chi connectivity index (χ0v) is 20.3. The van der Waals surface area contributed by atoms with E-state index in [1.165, 1.54) is 40.7 Å². The number of carbonyl (C=O) groups is 1. The molecule has 3 atom stereocenters. The second-order valence-corrected chi connectivity index (χ2v) is 9.90. The first-order valence-corrected chi connectivity index (χ1v) is 12.1. The number of amides is 1. The zero-order chi connectivity index (χ0) is 22.8. The summed E-state index contributed by atoms with van der Waals surface area (Å²) in [5.41, 5.74) is 6.37. The third kappa shape index (κ3) is 4.85. The van der Waals surface area contributed by atoms with Crippen molar-refractivity contribution in [2.24, 2.45) is 0 Å². The standard InChI is InChI=1S/C28H38N2O2/c1-18-6-7-19(2)22(14-18)9-13-28(31)29-24-16-25-10-11-26(17-24)30(25)21(4)23-8-12-27(32-5)20(3)15-23/h6-8,12,14-15,21,24-26H,9-11,13,16-17H2,1-5H3,(H,29,31). The van der Waals surface area contributed by atoms with Crippen molar-refractivity contribution in [1.29, 1.82) is 0 Å². The minimum atomic E-state index is 0.197. The quantitative estimate of drug-likeness (QED) is 0.632. The Hall–Kier alpha value is -2.33. The van der Waals surface area contributed by atoms with Crippen LogP contribution in [0.2, 0.25) is 0 Å². The minimum absolute atomic E-state index is 0.197. The van der Waals surface area contributed by atoms with E-state index in [0.717, 1.165) is 25.0 Å². The van der Waals surface area contributed by atoms with Crippen molar-refractivity contribution in [2.75, 3.05) is 7.11 Å². The molecule has 2 heterocycles. The molecule has 0 aliphatic carbocycles. The highest BCUT2D eigenvalue weighted by atomic mass is 16.5. The maximum atomic E-state index is 12.7. The van der Waals surface area contributed by atoms with Crippen molar-refractivity contribution >= 4 is 5.91 Å². The van der Waals surface area contributed by atoms with Gasteiger partial charge in [0.05, 0.1) is 7.11 Å². The van der Waals surface area contributed by atoms with E-state index in [2.05, 4.69) is 74.3 Å². The molecule has 32 heavy (non-hydrogen) atoms. The molecule has 1 N–H and O–H groups in total. The molecule has 0 radical (unpaired) electrons. The first-order valence-electron chi connectivity index (χ1n) is 12.1. The van der Waals surface area contributed by atoms with Gasteiger partial charge in [0.1, 0.15) is 5.75 Å². The molecule has 2 aromatic rings. The van der Waals surface area contributed by atoms with Gasteiger partial charge in [-0.25, -0.2) is 0 Å². The average molecular weight is 435 g/mol. The van der Waals surface area contributed by atoms with Crippen molar-refractivity contribution in [2.45, 2.75) is 90.4 Å². The molecule has 0 saturated carbocycles. The van der Waals surface area contributed by atoms with Crippen LogP contribution in [0.5, 0.6) is 5.75 Å². The van der Waals surface area contributed by atoms with Crippen molar-refractivity contribution in [3.63, 3.8) is 0 Å². The summed E-state index contributed by atoms with van der Waals surface area (Å²) in [4.78, 5) is 15.4. The van der Waals surface area contributed by atoms with Crippen LogP contribution in [0.15, 0.2) is 36.4 Å². The predicted molar refractivity (Wildman–Crippen MR) is 130 cm³/mol. The number of aryl methyl sites for hydroxylation is 4. The molecule has 172 valence electrons. The molecular weight excluding hydrogens is 396 g/mol. The predicted octanol–water partition coefficient (Wildman–Crippen LogP) is 5.43. The highest BCUT2D eigenvalue weighted by Crippen LogP contribution is 2.42. The summed E-state index contributed by atoms with van der Waals surface area (Å²) in [6, 6.07) is 14.9. The van der Waals surface area contributed by atoms with E-state index in [1.807, 2.05) is 0 Å². The molecular formula is C28H38N2O2. The van der Waals surface area contributed by atoms with Gasteiger partial charge < -0.3 is 10.1 Å².